The molecule has 5 unspecified atom stereocenters. The zero-order valence-corrected chi connectivity index (χ0v) is 16.2. The van der Waals surface area contributed by atoms with Crippen LogP contribution in [0.3, 0.4) is 0 Å². The van der Waals surface area contributed by atoms with Gasteiger partial charge in [-0.1, -0.05) is 0 Å². The van der Waals surface area contributed by atoms with Crippen LogP contribution in [0, 0.1) is 0 Å². The summed E-state index contributed by atoms with van der Waals surface area (Å²) in [5.74, 6) is 0. The van der Waals surface area contributed by atoms with Gasteiger partial charge in [0.25, 0.3) is 0 Å². The van der Waals surface area contributed by atoms with Gasteiger partial charge in [0, 0.05) is 13.2 Å². The van der Waals surface area contributed by atoms with E-state index in [4.69, 9.17) is 33.2 Å². The highest BCUT2D eigenvalue weighted by atomic mass is 16.7. The minimum Gasteiger partial charge on any atom is -0.378 e. The summed E-state index contributed by atoms with van der Waals surface area (Å²) in [6.07, 6.45) is 8.17. The number of hydrogen-bond acceptors (Lipinski definition) is 7. The molecule has 3 aliphatic heterocycles. The fourth-order valence-electron chi connectivity index (χ4n) is 3.76. The molecule has 3 heterocycles. The first kappa shape index (κ1) is 20.0. The summed E-state index contributed by atoms with van der Waals surface area (Å²) in [5, 5.41) is 0. The highest BCUT2D eigenvalue weighted by Gasteiger charge is 2.34. The Morgan fingerprint density at radius 2 is 1.26 bits per heavy atom. The second-order valence-corrected chi connectivity index (χ2v) is 8.04. The maximum absolute atomic E-state index is 6.13. The van der Waals surface area contributed by atoms with Crippen LogP contribution in [0.4, 0.5) is 0 Å². The van der Waals surface area contributed by atoms with E-state index in [-0.39, 0.29) is 24.6 Å². The number of rotatable bonds is 12. The predicted molar refractivity (Wildman–Crippen MR) is 96.7 cm³/mol. The normalized spacial score (nSPS) is 38.7. The SMILES string of the molecule is C1CCC(OCCCOC2CC(OCC3CO3)CC(OCC3CO3)C2)OC1. The lowest BCUT2D eigenvalue weighted by Gasteiger charge is -2.34. The molecule has 27 heavy (non-hydrogen) atoms. The average Bonchev–Trinajstić information content (AvgIpc) is 3.60. The summed E-state index contributed by atoms with van der Waals surface area (Å²) in [5.41, 5.74) is 0. The van der Waals surface area contributed by atoms with E-state index in [1.54, 1.807) is 0 Å². The lowest BCUT2D eigenvalue weighted by Crippen LogP contribution is -2.38. The van der Waals surface area contributed by atoms with Crippen LogP contribution in [0.1, 0.15) is 44.9 Å². The van der Waals surface area contributed by atoms with Gasteiger partial charge in [-0.2, -0.15) is 0 Å². The van der Waals surface area contributed by atoms with Crippen molar-refractivity contribution < 1.29 is 33.2 Å². The van der Waals surface area contributed by atoms with Crippen molar-refractivity contribution in [2.75, 3.05) is 46.2 Å². The van der Waals surface area contributed by atoms with Crippen LogP contribution < -0.4 is 0 Å². The topological polar surface area (TPSA) is 71.2 Å². The molecule has 4 fully saturated rings. The molecule has 156 valence electrons. The zero-order valence-electron chi connectivity index (χ0n) is 16.2. The molecule has 3 saturated heterocycles. The second-order valence-electron chi connectivity index (χ2n) is 8.04. The fourth-order valence-corrected chi connectivity index (χ4v) is 3.76. The molecule has 1 aliphatic carbocycles. The molecule has 0 aromatic carbocycles. The molecule has 0 radical (unpaired) electrons. The minimum atomic E-state index is -0.0155. The Morgan fingerprint density at radius 1 is 0.667 bits per heavy atom. The number of ether oxygens (including phenoxy) is 7. The van der Waals surface area contributed by atoms with Crippen molar-refractivity contribution in [3.63, 3.8) is 0 Å². The maximum Gasteiger partial charge on any atom is 0.157 e. The monoisotopic (exact) mass is 386 g/mol. The highest BCUT2D eigenvalue weighted by Crippen LogP contribution is 2.28. The summed E-state index contributed by atoms with van der Waals surface area (Å²) in [6, 6.07) is 0. The van der Waals surface area contributed by atoms with Crippen LogP contribution in [-0.4, -0.2) is 83.1 Å². The van der Waals surface area contributed by atoms with Crippen molar-refractivity contribution in [1.29, 1.82) is 0 Å². The molecule has 4 aliphatic rings. The van der Waals surface area contributed by atoms with Gasteiger partial charge in [0.05, 0.1) is 51.3 Å². The second kappa shape index (κ2) is 10.5. The highest BCUT2D eigenvalue weighted by molar-refractivity contribution is 4.83. The van der Waals surface area contributed by atoms with E-state index in [1.165, 1.54) is 6.42 Å². The summed E-state index contributed by atoms with van der Waals surface area (Å²) in [7, 11) is 0. The quantitative estimate of drug-likeness (QED) is 0.375. The molecular formula is C20H34O7. The summed E-state index contributed by atoms with van der Waals surface area (Å²) >= 11 is 0. The van der Waals surface area contributed by atoms with E-state index < -0.39 is 0 Å². The smallest absolute Gasteiger partial charge is 0.157 e. The van der Waals surface area contributed by atoms with E-state index in [2.05, 4.69) is 0 Å². The molecule has 4 rings (SSSR count). The van der Waals surface area contributed by atoms with Crippen molar-refractivity contribution in [1.82, 2.24) is 0 Å². The van der Waals surface area contributed by atoms with Crippen LogP contribution in [-0.2, 0) is 33.2 Å². The third-order valence-electron chi connectivity index (χ3n) is 5.50. The van der Waals surface area contributed by atoms with Crippen LogP contribution in [0.25, 0.3) is 0 Å². The molecule has 7 nitrogen and oxygen atoms in total. The summed E-state index contributed by atoms with van der Waals surface area (Å²) < 4.78 is 40.1. The van der Waals surface area contributed by atoms with Gasteiger partial charge >= 0.3 is 0 Å². The van der Waals surface area contributed by atoms with Gasteiger partial charge in [0.2, 0.25) is 0 Å². The van der Waals surface area contributed by atoms with Gasteiger partial charge in [-0.05, 0) is 44.9 Å². The van der Waals surface area contributed by atoms with E-state index in [0.29, 0.717) is 38.6 Å². The van der Waals surface area contributed by atoms with Gasteiger partial charge in [-0.3, -0.25) is 0 Å². The van der Waals surface area contributed by atoms with E-state index >= 15 is 0 Å². The first-order chi connectivity index (χ1) is 13.3. The number of epoxide rings is 2. The zero-order chi connectivity index (χ0) is 18.3. The maximum atomic E-state index is 6.13. The summed E-state index contributed by atoms with van der Waals surface area (Å²) in [4.78, 5) is 0. The first-order valence-electron chi connectivity index (χ1n) is 10.7. The average molecular weight is 386 g/mol. The predicted octanol–water partition coefficient (Wildman–Crippen LogP) is 2.06. The van der Waals surface area contributed by atoms with E-state index in [0.717, 1.165) is 58.3 Å². The third-order valence-corrected chi connectivity index (χ3v) is 5.50. The lowest BCUT2D eigenvalue weighted by atomic mass is 9.92. The van der Waals surface area contributed by atoms with E-state index in [9.17, 15) is 0 Å². The van der Waals surface area contributed by atoms with Crippen LogP contribution >= 0.6 is 0 Å². The molecule has 0 spiro atoms. The molecule has 0 aromatic rings. The standard InChI is InChI=1S/C20H34O7/c1-2-5-22-20(4-1)23-7-3-6-21-15-8-16(24-11-18-13-26-18)10-17(9-15)25-12-19-14-27-19/h15-20H,1-14H2. The molecular weight excluding hydrogens is 352 g/mol. The van der Waals surface area contributed by atoms with E-state index in [1.807, 2.05) is 0 Å². The molecule has 1 saturated carbocycles. The van der Waals surface area contributed by atoms with Gasteiger partial charge in [-0.25, -0.2) is 0 Å². The Kier molecular flexibility index (Phi) is 7.77. The third kappa shape index (κ3) is 7.57. The van der Waals surface area contributed by atoms with Gasteiger partial charge in [-0.15, -0.1) is 0 Å². The first-order valence-corrected chi connectivity index (χ1v) is 10.7. The van der Waals surface area contributed by atoms with Gasteiger partial charge in [0.1, 0.15) is 12.2 Å². The molecule has 0 amide bonds. The van der Waals surface area contributed by atoms with Crippen molar-refractivity contribution in [2.45, 2.75) is 81.8 Å². The van der Waals surface area contributed by atoms with Crippen molar-refractivity contribution in [3.8, 4) is 0 Å². The number of hydrogen-bond donors (Lipinski definition) is 0. The Balaban J connectivity index is 1.13. The minimum absolute atomic E-state index is 0.0155. The van der Waals surface area contributed by atoms with Crippen molar-refractivity contribution >= 4 is 0 Å². The molecule has 0 aromatic heterocycles. The molecule has 0 N–H and O–H groups in total. The molecule has 0 bridgehead atoms. The van der Waals surface area contributed by atoms with Crippen LogP contribution in [0.2, 0.25) is 0 Å². The Labute approximate surface area is 161 Å². The van der Waals surface area contributed by atoms with Crippen molar-refractivity contribution in [2.24, 2.45) is 0 Å². The fraction of sp³-hybridized carbons (Fsp3) is 1.00. The lowest BCUT2D eigenvalue weighted by molar-refractivity contribution is -0.165. The van der Waals surface area contributed by atoms with Gasteiger partial charge < -0.3 is 33.2 Å². The largest absolute Gasteiger partial charge is 0.378 e. The van der Waals surface area contributed by atoms with Crippen molar-refractivity contribution in [3.05, 3.63) is 0 Å². The Hall–Kier alpha value is -0.280. The molecule has 7 heteroatoms. The van der Waals surface area contributed by atoms with Crippen LogP contribution in [0.15, 0.2) is 0 Å². The van der Waals surface area contributed by atoms with Gasteiger partial charge in [0.15, 0.2) is 6.29 Å². The van der Waals surface area contributed by atoms with Crippen LogP contribution in [0.5, 0.6) is 0 Å². The Morgan fingerprint density at radius 3 is 1.81 bits per heavy atom. The molecule has 5 atom stereocenters. The Bertz CT molecular complexity index is 397. The summed E-state index contributed by atoms with van der Waals surface area (Å²) in [6.45, 7) is 5.25.